The molecule has 2 atom stereocenters. The highest BCUT2D eigenvalue weighted by atomic mass is 32.1. The van der Waals surface area contributed by atoms with Crippen LogP contribution >= 0.6 is 12.2 Å². The summed E-state index contributed by atoms with van der Waals surface area (Å²) in [7, 11) is 1.70. The smallest absolute Gasteiger partial charge is 0.174 e. The largest absolute Gasteiger partial charge is 0.495 e. The molecule has 0 radical (unpaired) electrons. The number of hydrogen-bond acceptors (Lipinski definition) is 3. The van der Waals surface area contributed by atoms with E-state index >= 15 is 0 Å². The fraction of sp³-hybridized carbons (Fsp3) is 0.241. The average Bonchev–Trinajstić information content (AvgIpc) is 3.39. The third-order valence-corrected chi connectivity index (χ3v) is 7.15. The lowest BCUT2D eigenvalue weighted by atomic mass is 9.96. The van der Waals surface area contributed by atoms with Crippen LogP contribution in [0, 0.1) is 13.8 Å². The second-order valence-electron chi connectivity index (χ2n) is 8.85. The second-order valence-corrected chi connectivity index (χ2v) is 9.24. The zero-order valence-corrected chi connectivity index (χ0v) is 21.3. The van der Waals surface area contributed by atoms with E-state index in [1.807, 2.05) is 36.5 Å². The second kappa shape index (κ2) is 9.55. The molecule has 2 aromatic heterocycles. The molecule has 3 heterocycles. The van der Waals surface area contributed by atoms with Crippen LogP contribution in [0.4, 0.5) is 5.69 Å². The topological polar surface area (TPSA) is 42.3 Å². The van der Waals surface area contributed by atoms with E-state index in [9.17, 15) is 0 Å². The van der Waals surface area contributed by atoms with Gasteiger partial charge < -0.3 is 19.5 Å². The molecule has 5 nitrogen and oxygen atoms in total. The lowest BCUT2D eigenvalue weighted by Crippen LogP contribution is -2.30. The lowest BCUT2D eigenvalue weighted by molar-refractivity contribution is 0.414. The van der Waals surface area contributed by atoms with Crippen LogP contribution in [0.1, 0.15) is 47.2 Å². The minimum absolute atomic E-state index is 0.0939. The van der Waals surface area contributed by atoms with E-state index in [2.05, 4.69) is 78.0 Å². The summed E-state index contributed by atoms with van der Waals surface area (Å²) in [5.41, 5.74) is 7.95. The molecule has 0 aliphatic carbocycles. The molecule has 0 saturated carbocycles. The Kier molecular flexibility index (Phi) is 6.31. The summed E-state index contributed by atoms with van der Waals surface area (Å²) in [6.07, 6.45) is 2.86. The van der Waals surface area contributed by atoms with Crippen LogP contribution in [-0.2, 0) is 6.42 Å². The van der Waals surface area contributed by atoms with Crippen molar-refractivity contribution in [3.05, 3.63) is 107 Å². The molecule has 1 aliphatic rings. The molecule has 0 spiro atoms. The van der Waals surface area contributed by atoms with Crippen molar-refractivity contribution < 1.29 is 4.74 Å². The van der Waals surface area contributed by atoms with Gasteiger partial charge in [-0.15, -0.1) is 0 Å². The predicted molar refractivity (Wildman–Crippen MR) is 146 cm³/mol. The molecule has 0 bridgehead atoms. The quantitative estimate of drug-likeness (QED) is 0.330. The Labute approximate surface area is 212 Å². The van der Waals surface area contributed by atoms with Crippen molar-refractivity contribution in [1.82, 2.24) is 14.9 Å². The molecule has 5 rings (SSSR count). The summed E-state index contributed by atoms with van der Waals surface area (Å²) < 4.78 is 8.06. The summed E-state index contributed by atoms with van der Waals surface area (Å²) in [5, 5.41) is 4.22. The fourth-order valence-electron chi connectivity index (χ4n) is 5.12. The Morgan fingerprint density at radius 3 is 2.43 bits per heavy atom. The van der Waals surface area contributed by atoms with Crippen LogP contribution in [0.2, 0.25) is 0 Å². The van der Waals surface area contributed by atoms with Crippen LogP contribution in [0.5, 0.6) is 5.75 Å². The minimum atomic E-state index is -0.106. The Hall–Kier alpha value is -3.64. The Balaban J connectivity index is 1.68. The number of benzene rings is 2. The number of pyridine rings is 1. The van der Waals surface area contributed by atoms with Gasteiger partial charge in [0.25, 0.3) is 0 Å². The van der Waals surface area contributed by atoms with E-state index in [1.165, 1.54) is 22.5 Å². The molecule has 0 unspecified atom stereocenters. The number of aromatic nitrogens is 2. The fourth-order valence-corrected chi connectivity index (χ4v) is 5.46. The normalized spacial score (nSPS) is 17.5. The van der Waals surface area contributed by atoms with Crippen molar-refractivity contribution >= 4 is 23.0 Å². The van der Waals surface area contributed by atoms with Crippen molar-refractivity contribution in [2.45, 2.75) is 39.3 Å². The van der Waals surface area contributed by atoms with Crippen molar-refractivity contribution in [3.63, 3.8) is 0 Å². The standard InChI is InChI=1S/C29H30N4OS/c1-5-21-13-15-22(16-14-21)32-19(2)18-23(20(32)3)28-27(24-10-8-9-17-30-24)31-29(35)33(28)25-11-6-7-12-26(25)34-4/h6-18,27-28H,5H2,1-4H3,(H,31,35)/t27-,28-/m0/s1. The molecule has 1 saturated heterocycles. The number of ether oxygens (including phenoxy) is 1. The van der Waals surface area contributed by atoms with Gasteiger partial charge in [-0.1, -0.05) is 37.3 Å². The summed E-state index contributed by atoms with van der Waals surface area (Å²) in [5.74, 6) is 0.785. The number of rotatable bonds is 6. The van der Waals surface area contributed by atoms with Gasteiger partial charge in [-0.2, -0.15) is 0 Å². The van der Waals surface area contributed by atoms with Crippen molar-refractivity contribution in [1.29, 1.82) is 0 Å². The Morgan fingerprint density at radius 1 is 1.00 bits per heavy atom. The molecule has 0 amide bonds. The number of anilines is 1. The molecular weight excluding hydrogens is 452 g/mol. The first kappa shape index (κ1) is 23.1. The number of aryl methyl sites for hydroxylation is 2. The first-order chi connectivity index (χ1) is 17.0. The van der Waals surface area contributed by atoms with Crippen molar-refractivity contribution in [2.75, 3.05) is 12.0 Å². The van der Waals surface area contributed by atoms with Gasteiger partial charge in [-0.05, 0) is 86.1 Å². The number of hydrogen-bond donors (Lipinski definition) is 1. The van der Waals surface area contributed by atoms with Gasteiger partial charge in [0.15, 0.2) is 5.11 Å². The van der Waals surface area contributed by atoms with Gasteiger partial charge in [0.1, 0.15) is 5.75 Å². The Bertz CT molecular complexity index is 1350. The van der Waals surface area contributed by atoms with E-state index in [4.69, 9.17) is 21.9 Å². The van der Waals surface area contributed by atoms with Crippen molar-refractivity contribution in [3.8, 4) is 11.4 Å². The van der Waals surface area contributed by atoms with Gasteiger partial charge in [0.05, 0.1) is 30.6 Å². The van der Waals surface area contributed by atoms with E-state index in [0.29, 0.717) is 5.11 Å². The molecular formula is C29H30N4OS. The van der Waals surface area contributed by atoms with Crippen LogP contribution in [0.3, 0.4) is 0 Å². The highest BCUT2D eigenvalue weighted by Crippen LogP contribution is 2.46. The zero-order chi connectivity index (χ0) is 24.5. The summed E-state index contributed by atoms with van der Waals surface area (Å²) in [6.45, 7) is 6.53. The maximum Gasteiger partial charge on any atom is 0.174 e. The molecule has 4 aromatic rings. The van der Waals surface area contributed by atoms with E-state index in [0.717, 1.165) is 29.2 Å². The summed E-state index contributed by atoms with van der Waals surface area (Å²) in [6, 6.07) is 24.9. The molecule has 1 aliphatic heterocycles. The lowest BCUT2D eigenvalue weighted by Gasteiger charge is -2.29. The number of nitrogens with one attached hydrogen (secondary N) is 1. The Morgan fingerprint density at radius 2 is 1.74 bits per heavy atom. The van der Waals surface area contributed by atoms with Crippen LogP contribution in [0.25, 0.3) is 5.69 Å². The first-order valence-corrected chi connectivity index (χ1v) is 12.4. The summed E-state index contributed by atoms with van der Waals surface area (Å²) >= 11 is 5.91. The van der Waals surface area contributed by atoms with E-state index in [-0.39, 0.29) is 12.1 Å². The summed E-state index contributed by atoms with van der Waals surface area (Å²) in [4.78, 5) is 6.87. The van der Waals surface area contributed by atoms with Gasteiger partial charge in [0, 0.05) is 23.3 Å². The zero-order valence-electron chi connectivity index (χ0n) is 20.5. The SMILES string of the molecule is CCc1ccc(-n2c(C)cc([C@H]3[C@H](c4ccccn4)NC(=S)N3c3ccccc3OC)c2C)cc1. The maximum atomic E-state index is 5.91. The van der Waals surface area contributed by atoms with Crippen LogP contribution in [-0.4, -0.2) is 21.8 Å². The number of para-hydroxylation sites is 2. The van der Waals surface area contributed by atoms with E-state index < -0.39 is 0 Å². The van der Waals surface area contributed by atoms with E-state index in [1.54, 1.807) is 7.11 Å². The third kappa shape index (κ3) is 4.08. The average molecular weight is 483 g/mol. The monoisotopic (exact) mass is 482 g/mol. The number of thiocarbonyl (C=S) groups is 1. The number of nitrogens with zero attached hydrogens (tertiary/aromatic N) is 3. The third-order valence-electron chi connectivity index (χ3n) is 6.83. The maximum absolute atomic E-state index is 5.91. The van der Waals surface area contributed by atoms with Gasteiger partial charge >= 0.3 is 0 Å². The van der Waals surface area contributed by atoms with Gasteiger partial charge in [-0.3, -0.25) is 4.98 Å². The van der Waals surface area contributed by atoms with Gasteiger partial charge in [-0.25, -0.2) is 0 Å². The predicted octanol–water partition coefficient (Wildman–Crippen LogP) is 6.24. The molecule has 6 heteroatoms. The first-order valence-electron chi connectivity index (χ1n) is 11.9. The van der Waals surface area contributed by atoms with Crippen LogP contribution in [0.15, 0.2) is 79.0 Å². The molecule has 35 heavy (non-hydrogen) atoms. The van der Waals surface area contributed by atoms with Crippen LogP contribution < -0.4 is 15.0 Å². The molecule has 2 aromatic carbocycles. The highest BCUT2D eigenvalue weighted by Gasteiger charge is 2.43. The van der Waals surface area contributed by atoms with Crippen molar-refractivity contribution in [2.24, 2.45) is 0 Å². The highest BCUT2D eigenvalue weighted by molar-refractivity contribution is 7.80. The van der Waals surface area contributed by atoms with Gasteiger partial charge in [0.2, 0.25) is 0 Å². The minimum Gasteiger partial charge on any atom is -0.495 e. The molecule has 178 valence electrons. The molecule has 1 fully saturated rings. The number of methoxy groups -OCH3 is 1. The molecule has 1 N–H and O–H groups in total.